The number of rotatable bonds is 8. The fourth-order valence-electron chi connectivity index (χ4n) is 3.23. The zero-order chi connectivity index (χ0) is 19.1. The molecule has 1 N–H and O–H groups in total. The molecular formula is C21H26FNO4. The van der Waals surface area contributed by atoms with Crippen LogP contribution in [-0.4, -0.2) is 56.1 Å². The summed E-state index contributed by atoms with van der Waals surface area (Å²) < 4.78 is 29.8. The van der Waals surface area contributed by atoms with E-state index in [2.05, 4.69) is 4.90 Å². The number of para-hydroxylation sites is 1. The molecule has 0 radical (unpaired) electrons. The molecular weight excluding hydrogens is 349 g/mol. The molecule has 1 aliphatic heterocycles. The number of nitrogens with zero attached hydrogens (tertiary/aromatic N) is 1. The van der Waals surface area contributed by atoms with Crippen LogP contribution in [0, 0.1) is 5.82 Å². The van der Waals surface area contributed by atoms with E-state index < -0.39 is 6.10 Å². The molecule has 146 valence electrons. The molecule has 27 heavy (non-hydrogen) atoms. The number of methoxy groups -OCH3 is 1. The summed E-state index contributed by atoms with van der Waals surface area (Å²) in [4.78, 5) is 2.15. The third-order valence-electron chi connectivity index (χ3n) is 4.62. The van der Waals surface area contributed by atoms with Crippen LogP contribution in [0.25, 0.3) is 0 Å². The monoisotopic (exact) mass is 375 g/mol. The van der Waals surface area contributed by atoms with Crippen LogP contribution in [0.5, 0.6) is 5.75 Å². The summed E-state index contributed by atoms with van der Waals surface area (Å²) in [7, 11) is 1.63. The highest BCUT2D eigenvalue weighted by Crippen LogP contribution is 2.23. The van der Waals surface area contributed by atoms with Crippen molar-refractivity contribution in [3.8, 4) is 5.75 Å². The second-order valence-corrected chi connectivity index (χ2v) is 6.65. The van der Waals surface area contributed by atoms with Crippen LogP contribution in [-0.2, 0) is 16.1 Å². The standard InChI is InChI=1S/C21H26FNO4/c1-25-20-5-3-2-4-17(20)14-26-15-19(24)12-23-10-11-27-21(13-23)16-6-8-18(22)9-7-16/h2-9,19,21,24H,10-15H2,1H3/t19-,21-/m0/s1. The number of hydrogen-bond donors (Lipinski definition) is 1. The minimum atomic E-state index is -0.591. The lowest BCUT2D eigenvalue weighted by molar-refractivity contribution is -0.0537. The number of benzene rings is 2. The molecule has 2 aromatic carbocycles. The lowest BCUT2D eigenvalue weighted by atomic mass is 10.1. The predicted octanol–water partition coefficient (Wildman–Crippen LogP) is 2.79. The van der Waals surface area contributed by atoms with E-state index in [0.29, 0.717) is 26.3 Å². The van der Waals surface area contributed by atoms with Crippen LogP contribution in [0.2, 0.25) is 0 Å². The number of aliphatic hydroxyl groups excluding tert-OH is 1. The molecule has 5 nitrogen and oxygen atoms in total. The maximum atomic E-state index is 13.1. The van der Waals surface area contributed by atoms with Crippen molar-refractivity contribution in [2.24, 2.45) is 0 Å². The molecule has 0 bridgehead atoms. The van der Waals surface area contributed by atoms with Gasteiger partial charge in [-0.25, -0.2) is 4.39 Å². The van der Waals surface area contributed by atoms with Gasteiger partial charge < -0.3 is 19.3 Å². The normalized spacial score (nSPS) is 19.0. The molecule has 1 saturated heterocycles. The maximum Gasteiger partial charge on any atom is 0.124 e. The van der Waals surface area contributed by atoms with Gasteiger partial charge >= 0.3 is 0 Å². The van der Waals surface area contributed by atoms with Crippen LogP contribution in [0.4, 0.5) is 4.39 Å². The van der Waals surface area contributed by atoms with Gasteiger partial charge in [-0.15, -0.1) is 0 Å². The van der Waals surface area contributed by atoms with Gasteiger partial charge in [0.25, 0.3) is 0 Å². The van der Waals surface area contributed by atoms with Crippen molar-refractivity contribution in [2.75, 3.05) is 40.0 Å². The van der Waals surface area contributed by atoms with Gasteiger partial charge in [-0.2, -0.15) is 0 Å². The van der Waals surface area contributed by atoms with E-state index >= 15 is 0 Å². The van der Waals surface area contributed by atoms with Gasteiger partial charge in [0.15, 0.2) is 0 Å². The molecule has 1 aliphatic rings. The van der Waals surface area contributed by atoms with Crippen molar-refractivity contribution >= 4 is 0 Å². The molecule has 3 rings (SSSR count). The Kier molecular flexibility index (Phi) is 7.18. The first kappa shape index (κ1) is 19.8. The summed E-state index contributed by atoms with van der Waals surface area (Å²) in [5.41, 5.74) is 1.90. The second kappa shape index (κ2) is 9.80. The van der Waals surface area contributed by atoms with E-state index in [1.165, 1.54) is 12.1 Å². The van der Waals surface area contributed by atoms with Crippen molar-refractivity contribution in [1.82, 2.24) is 4.90 Å². The van der Waals surface area contributed by atoms with Crippen molar-refractivity contribution in [2.45, 2.75) is 18.8 Å². The number of ether oxygens (including phenoxy) is 3. The van der Waals surface area contributed by atoms with Crippen molar-refractivity contribution in [3.05, 3.63) is 65.5 Å². The highest BCUT2D eigenvalue weighted by Gasteiger charge is 2.23. The van der Waals surface area contributed by atoms with Gasteiger partial charge in [0.1, 0.15) is 11.6 Å². The lowest BCUT2D eigenvalue weighted by Crippen LogP contribution is -2.43. The van der Waals surface area contributed by atoms with E-state index in [0.717, 1.165) is 23.4 Å². The molecule has 1 heterocycles. The number of aliphatic hydroxyl groups is 1. The third-order valence-corrected chi connectivity index (χ3v) is 4.62. The van der Waals surface area contributed by atoms with Crippen LogP contribution in [0.1, 0.15) is 17.2 Å². The Morgan fingerprint density at radius 2 is 2.00 bits per heavy atom. The summed E-state index contributed by atoms with van der Waals surface area (Å²) in [6.45, 7) is 3.14. The molecule has 0 spiro atoms. The molecule has 2 atom stereocenters. The first-order chi connectivity index (χ1) is 13.2. The van der Waals surface area contributed by atoms with Gasteiger partial charge in [-0.3, -0.25) is 4.90 Å². The topological polar surface area (TPSA) is 51.2 Å². The second-order valence-electron chi connectivity index (χ2n) is 6.65. The minimum absolute atomic E-state index is 0.110. The van der Waals surface area contributed by atoms with Gasteiger partial charge in [0.05, 0.1) is 39.1 Å². The quantitative estimate of drug-likeness (QED) is 0.769. The Balaban J connectivity index is 1.44. The Morgan fingerprint density at radius 3 is 2.78 bits per heavy atom. The summed E-state index contributed by atoms with van der Waals surface area (Å²) in [6, 6.07) is 14.1. The Bertz CT molecular complexity index is 710. The van der Waals surface area contributed by atoms with Crippen molar-refractivity contribution < 1.29 is 23.7 Å². The van der Waals surface area contributed by atoms with E-state index in [1.54, 1.807) is 19.2 Å². The summed E-state index contributed by atoms with van der Waals surface area (Å²) >= 11 is 0. The van der Waals surface area contributed by atoms with Gasteiger partial charge in [0.2, 0.25) is 0 Å². The van der Waals surface area contributed by atoms with Gasteiger partial charge in [-0.05, 0) is 23.8 Å². The maximum absolute atomic E-state index is 13.1. The average Bonchev–Trinajstić information content (AvgIpc) is 2.69. The van der Waals surface area contributed by atoms with E-state index in [9.17, 15) is 9.50 Å². The van der Waals surface area contributed by atoms with Crippen molar-refractivity contribution in [3.63, 3.8) is 0 Å². The molecule has 6 heteroatoms. The zero-order valence-corrected chi connectivity index (χ0v) is 15.5. The highest BCUT2D eigenvalue weighted by atomic mass is 19.1. The first-order valence-corrected chi connectivity index (χ1v) is 9.13. The number of morpholine rings is 1. The SMILES string of the molecule is COc1ccccc1COC[C@@H](O)CN1CCO[C@H](c2ccc(F)cc2)C1. The number of halogens is 1. The third kappa shape index (κ3) is 5.74. The smallest absolute Gasteiger partial charge is 0.124 e. The van der Waals surface area contributed by atoms with Crippen LogP contribution in [0.3, 0.4) is 0 Å². The Morgan fingerprint density at radius 1 is 1.22 bits per heavy atom. The van der Waals surface area contributed by atoms with Gasteiger partial charge in [-0.1, -0.05) is 30.3 Å². The van der Waals surface area contributed by atoms with Crippen LogP contribution < -0.4 is 4.74 Å². The molecule has 0 aromatic heterocycles. The molecule has 1 fully saturated rings. The highest BCUT2D eigenvalue weighted by molar-refractivity contribution is 5.32. The molecule has 0 unspecified atom stereocenters. The Hall–Kier alpha value is -1.99. The molecule has 0 aliphatic carbocycles. The van der Waals surface area contributed by atoms with E-state index in [4.69, 9.17) is 14.2 Å². The van der Waals surface area contributed by atoms with Crippen molar-refractivity contribution in [1.29, 1.82) is 0 Å². The largest absolute Gasteiger partial charge is 0.496 e. The lowest BCUT2D eigenvalue weighted by Gasteiger charge is -2.34. The molecule has 0 amide bonds. The van der Waals surface area contributed by atoms with Crippen LogP contribution >= 0.6 is 0 Å². The fourth-order valence-corrected chi connectivity index (χ4v) is 3.23. The van der Waals surface area contributed by atoms with Gasteiger partial charge in [0, 0.05) is 25.2 Å². The fraction of sp³-hybridized carbons (Fsp3) is 0.429. The average molecular weight is 375 g/mol. The first-order valence-electron chi connectivity index (χ1n) is 9.13. The predicted molar refractivity (Wildman–Crippen MR) is 100 cm³/mol. The number of β-amino-alcohol motifs (C(OH)–C–C–N with tert-alkyl or cyclic N) is 1. The Labute approximate surface area is 159 Å². The minimum Gasteiger partial charge on any atom is -0.496 e. The van der Waals surface area contributed by atoms with E-state index in [1.807, 2.05) is 24.3 Å². The number of hydrogen-bond acceptors (Lipinski definition) is 5. The summed E-state index contributed by atoms with van der Waals surface area (Å²) in [5, 5.41) is 10.3. The zero-order valence-electron chi connectivity index (χ0n) is 15.5. The summed E-state index contributed by atoms with van der Waals surface area (Å²) in [5.74, 6) is 0.524. The summed E-state index contributed by atoms with van der Waals surface area (Å²) in [6.07, 6.45) is -0.701. The molecule has 2 aromatic rings. The van der Waals surface area contributed by atoms with Crippen LogP contribution in [0.15, 0.2) is 48.5 Å². The molecule has 0 saturated carbocycles. The van der Waals surface area contributed by atoms with E-state index in [-0.39, 0.29) is 18.5 Å².